The summed E-state index contributed by atoms with van der Waals surface area (Å²) in [6.07, 6.45) is 0.714. The second kappa shape index (κ2) is 5.96. The third-order valence-electron chi connectivity index (χ3n) is 2.94. The highest BCUT2D eigenvalue weighted by Gasteiger charge is 2.22. The van der Waals surface area contributed by atoms with Crippen molar-refractivity contribution < 1.29 is 4.74 Å². The number of hydrogen-bond donors (Lipinski definition) is 1. The van der Waals surface area contributed by atoms with Crippen LogP contribution in [0.4, 0.5) is 0 Å². The maximum Gasteiger partial charge on any atom is 0.0678 e. The predicted octanol–water partition coefficient (Wildman–Crippen LogP) is 2.08. The largest absolute Gasteiger partial charge is 0.373 e. The predicted molar refractivity (Wildman–Crippen MR) is 72.4 cm³/mol. The Morgan fingerprint density at radius 3 is 2.59 bits per heavy atom. The molecule has 0 spiro atoms. The number of nitrogens with one attached hydrogen (secondary N) is 1. The van der Waals surface area contributed by atoms with E-state index in [1.54, 1.807) is 0 Å². The summed E-state index contributed by atoms with van der Waals surface area (Å²) >= 11 is 1.91. The van der Waals surface area contributed by atoms with Crippen LogP contribution < -0.4 is 5.32 Å². The summed E-state index contributed by atoms with van der Waals surface area (Å²) in [7, 11) is 1.99. The molecule has 0 aromatic carbocycles. The lowest BCUT2D eigenvalue weighted by molar-refractivity contribution is -0.0702. The highest BCUT2D eigenvalue weighted by Crippen LogP contribution is 2.20. The van der Waals surface area contributed by atoms with Crippen molar-refractivity contribution in [2.45, 2.75) is 39.1 Å². The Bertz CT molecular complexity index is 343. The van der Waals surface area contributed by atoms with Gasteiger partial charge in [-0.05, 0) is 33.0 Å². The van der Waals surface area contributed by atoms with Crippen LogP contribution in [0, 0.1) is 0 Å². The summed E-state index contributed by atoms with van der Waals surface area (Å²) in [5.74, 6) is 0. The van der Waals surface area contributed by atoms with Gasteiger partial charge < -0.3 is 10.1 Å². The zero-order chi connectivity index (χ0) is 12.3. The van der Waals surface area contributed by atoms with Crippen LogP contribution in [0.1, 0.15) is 23.6 Å². The Balaban J connectivity index is 1.90. The van der Waals surface area contributed by atoms with Crippen LogP contribution in [-0.2, 0) is 17.8 Å². The molecule has 0 amide bonds. The van der Waals surface area contributed by atoms with Gasteiger partial charge in [-0.2, -0.15) is 0 Å². The second-order valence-corrected chi connectivity index (χ2v) is 6.10. The molecule has 1 aromatic rings. The first-order valence-electron chi connectivity index (χ1n) is 6.27. The van der Waals surface area contributed by atoms with E-state index in [-0.39, 0.29) is 0 Å². The number of thiophene rings is 1. The lowest BCUT2D eigenvalue weighted by Crippen LogP contribution is -2.44. The van der Waals surface area contributed by atoms with E-state index >= 15 is 0 Å². The Hall–Kier alpha value is -0.420. The molecule has 2 heterocycles. The fourth-order valence-corrected chi connectivity index (χ4v) is 3.48. The first-order valence-corrected chi connectivity index (χ1v) is 7.09. The molecule has 1 saturated heterocycles. The van der Waals surface area contributed by atoms with E-state index in [1.165, 1.54) is 9.75 Å². The highest BCUT2D eigenvalue weighted by molar-refractivity contribution is 7.11. The van der Waals surface area contributed by atoms with Gasteiger partial charge in [-0.3, -0.25) is 4.90 Å². The quantitative estimate of drug-likeness (QED) is 0.890. The summed E-state index contributed by atoms with van der Waals surface area (Å²) in [6.45, 7) is 8.44. The van der Waals surface area contributed by atoms with Crippen LogP contribution in [0.2, 0.25) is 0 Å². The van der Waals surface area contributed by atoms with Gasteiger partial charge in [0.25, 0.3) is 0 Å². The molecule has 0 unspecified atom stereocenters. The number of rotatable bonds is 4. The summed E-state index contributed by atoms with van der Waals surface area (Å²) in [5, 5.41) is 3.19. The Morgan fingerprint density at radius 2 is 1.94 bits per heavy atom. The van der Waals surface area contributed by atoms with Gasteiger partial charge in [0.15, 0.2) is 0 Å². The topological polar surface area (TPSA) is 24.5 Å². The van der Waals surface area contributed by atoms with Crippen LogP contribution in [0.3, 0.4) is 0 Å². The molecule has 0 saturated carbocycles. The molecule has 3 nitrogen and oxygen atoms in total. The Labute approximate surface area is 108 Å². The maximum atomic E-state index is 5.75. The lowest BCUT2D eigenvalue weighted by atomic mass is 10.2. The fourth-order valence-electron chi connectivity index (χ4n) is 2.41. The molecule has 2 rings (SSSR count). The van der Waals surface area contributed by atoms with Gasteiger partial charge >= 0.3 is 0 Å². The molecule has 2 atom stereocenters. The van der Waals surface area contributed by atoms with Crippen LogP contribution in [0.25, 0.3) is 0 Å². The van der Waals surface area contributed by atoms with Crippen molar-refractivity contribution in [3.8, 4) is 0 Å². The zero-order valence-corrected chi connectivity index (χ0v) is 11.7. The number of morpholine rings is 1. The van der Waals surface area contributed by atoms with Crippen molar-refractivity contribution in [1.29, 1.82) is 0 Å². The lowest BCUT2D eigenvalue weighted by Gasteiger charge is -2.34. The molecule has 96 valence electrons. The van der Waals surface area contributed by atoms with E-state index in [1.807, 2.05) is 18.4 Å². The van der Waals surface area contributed by atoms with Crippen LogP contribution in [-0.4, -0.2) is 37.2 Å². The minimum Gasteiger partial charge on any atom is -0.373 e. The number of ether oxygens (including phenoxy) is 1. The second-order valence-electron chi connectivity index (χ2n) is 4.85. The molecule has 1 fully saturated rings. The van der Waals surface area contributed by atoms with E-state index in [0.717, 1.165) is 26.2 Å². The summed E-state index contributed by atoms with van der Waals surface area (Å²) in [5.41, 5.74) is 0. The zero-order valence-electron chi connectivity index (χ0n) is 10.9. The summed E-state index contributed by atoms with van der Waals surface area (Å²) in [6, 6.07) is 4.48. The van der Waals surface area contributed by atoms with Crippen molar-refractivity contribution in [2.24, 2.45) is 0 Å². The van der Waals surface area contributed by atoms with Crippen molar-refractivity contribution in [1.82, 2.24) is 10.2 Å². The smallest absolute Gasteiger partial charge is 0.0678 e. The number of hydrogen-bond acceptors (Lipinski definition) is 4. The minimum atomic E-state index is 0.357. The van der Waals surface area contributed by atoms with Crippen molar-refractivity contribution >= 4 is 11.3 Å². The SMILES string of the molecule is CNCc1ccc(CN2C[C@@H](C)O[C@@H](C)C2)s1. The van der Waals surface area contributed by atoms with Gasteiger partial charge in [0, 0.05) is 35.9 Å². The highest BCUT2D eigenvalue weighted by atomic mass is 32.1. The molecule has 4 heteroatoms. The van der Waals surface area contributed by atoms with Crippen LogP contribution >= 0.6 is 11.3 Å². The van der Waals surface area contributed by atoms with E-state index in [0.29, 0.717) is 12.2 Å². The molecule has 1 aliphatic heterocycles. The molecule has 1 N–H and O–H groups in total. The van der Waals surface area contributed by atoms with Gasteiger partial charge in [0.1, 0.15) is 0 Å². The Kier molecular flexibility index (Phi) is 4.56. The molecular weight excluding hydrogens is 232 g/mol. The first kappa shape index (κ1) is 13.0. The Morgan fingerprint density at radius 1 is 1.29 bits per heavy atom. The monoisotopic (exact) mass is 254 g/mol. The van der Waals surface area contributed by atoms with E-state index in [2.05, 4.69) is 36.2 Å². The standard InChI is InChI=1S/C13H22N2OS/c1-10-7-15(8-11(2)16-10)9-13-5-4-12(17-13)6-14-3/h4-5,10-11,14H,6-9H2,1-3H3/t10-,11+. The summed E-state index contributed by atoms with van der Waals surface area (Å²) in [4.78, 5) is 5.36. The third kappa shape index (κ3) is 3.78. The molecule has 1 aliphatic rings. The molecule has 17 heavy (non-hydrogen) atoms. The maximum absolute atomic E-state index is 5.75. The molecule has 0 aliphatic carbocycles. The van der Waals surface area contributed by atoms with Crippen molar-refractivity contribution in [2.75, 3.05) is 20.1 Å². The van der Waals surface area contributed by atoms with Gasteiger partial charge in [0.05, 0.1) is 12.2 Å². The molecular formula is C13H22N2OS. The van der Waals surface area contributed by atoms with Gasteiger partial charge in [0.2, 0.25) is 0 Å². The van der Waals surface area contributed by atoms with Crippen molar-refractivity contribution in [3.05, 3.63) is 21.9 Å². The van der Waals surface area contributed by atoms with E-state index in [9.17, 15) is 0 Å². The fraction of sp³-hybridized carbons (Fsp3) is 0.692. The molecule has 0 radical (unpaired) electrons. The normalized spacial score (nSPS) is 26.3. The van der Waals surface area contributed by atoms with E-state index < -0.39 is 0 Å². The van der Waals surface area contributed by atoms with E-state index in [4.69, 9.17) is 4.74 Å². The number of nitrogens with zero attached hydrogens (tertiary/aromatic N) is 1. The van der Waals surface area contributed by atoms with Crippen LogP contribution in [0.15, 0.2) is 12.1 Å². The van der Waals surface area contributed by atoms with Gasteiger partial charge in [-0.15, -0.1) is 11.3 Å². The minimum absolute atomic E-state index is 0.357. The first-order chi connectivity index (χ1) is 8.17. The summed E-state index contributed by atoms with van der Waals surface area (Å²) < 4.78 is 5.75. The van der Waals surface area contributed by atoms with Gasteiger partial charge in [-0.25, -0.2) is 0 Å². The van der Waals surface area contributed by atoms with Gasteiger partial charge in [-0.1, -0.05) is 0 Å². The average molecular weight is 254 g/mol. The average Bonchev–Trinajstić information content (AvgIpc) is 2.64. The van der Waals surface area contributed by atoms with Crippen LogP contribution in [0.5, 0.6) is 0 Å². The van der Waals surface area contributed by atoms with Crippen molar-refractivity contribution in [3.63, 3.8) is 0 Å². The molecule has 1 aromatic heterocycles. The molecule has 0 bridgehead atoms. The third-order valence-corrected chi connectivity index (χ3v) is 4.01.